The van der Waals surface area contributed by atoms with Gasteiger partial charge in [-0.2, -0.15) is 0 Å². The van der Waals surface area contributed by atoms with E-state index in [0.29, 0.717) is 17.9 Å². The minimum atomic E-state index is -0.971. The number of ether oxygens (including phenoxy) is 1. The van der Waals surface area contributed by atoms with E-state index in [1.165, 1.54) is 0 Å². The Bertz CT molecular complexity index is 334. The zero-order valence-electron chi connectivity index (χ0n) is 9.23. The molecule has 1 atom stereocenters. The number of aromatic nitrogens is 1. The number of allylic oxidation sites excluding steroid dienone is 1. The first-order valence-corrected chi connectivity index (χ1v) is 4.94. The molecule has 0 fully saturated rings. The maximum absolute atomic E-state index is 10.2. The summed E-state index contributed by atoms with van der Waals surface area (Å²) in [5.41, 5.74) is -0.393. The van der Waals surface area contributed by atoms with Crippen LogP contribution in [0.2, 0.25) is 0 Å². The summed E-state index contributed by atoms with van der Waals surface area (Å²) in [5.74, 6) is 0.617. The number of aliphatic hydroxyl groups is 1. The van der Waals surface area contributed by atoms with Crippen LogP contribution in [0.4, 0.5) is 0 Å². The highest BCUT2D eigenvalue weighted by Gasteiger charge is 2.27. The first-order chi connectivity index (χ1) is 7.11. The summed E-state index contributed by atoms with van der Waals surface area (Å²) >= 11 is 0. The molecule has 3 heteroatoms. The zero-order valence-corrected chi connectivity index (χ0v) is 9.23. The van der Waals surface area contributed by atoms with Crippen molar-refractivity contribution in [3.8, 4) is 5.75 Å². The molecule has 0 radical (unpaired) electrons. The highest BCUT2D eigenvalue weighted by Crippen LogP contribution is 2.31. The number of nitrogens with zero attached hydrogens (tertiary/aromatic N) is 1. The maximum Gasteiger partial charge on any atom is 0.143 e. The van der Waals surface area contributed by atoms with E-state index >= 15 is 0 Å². The largest absolute Gasteiger partial charge is 0.495 e. The Labute approximate surface area is 90.4 Å². The molecule has 0 bridgehead atoms. The molecule has 1 unspecified atom stereocenters. The number of rotatable bonds is 5. The van der Waals surface area contributed by atoms with Gasteiger partial charge in [-0.3, -0.25) is 4.98 Å². The quantitative estimate of drug-likeness (QED) is 0.753. The lowest BCUT2D eigenvalue weighted by atomic mass is 9.95. The van der Waals surface area contributed by atoms with Gasteiger partial charge in [-0.15, -0.1) is 6.58 Å². The predicted molar refractivity (Wildman–Crippen MR) is 59.8 cm³/mol. The third-order valence-corrected chi connectivity index (χ3v) is 2.34. The van der Waals surface area contributed by atoms with Gasteiger partial charge in [-0.25, -0.2) is 0 Å². The van der Waals surface area contributed by atoms with Gasteiger partial charge in [0.15, 0.2) is 0 Å². The Kier molecular flexibility index (Phi) is 3.86. The lowest BCUT2D eigenvalue weighted by Gasteiger charge is -2.23. The van der Waals surface area contributed by atoms with Gasteiger partial charge in [0.05, 0.1) is 7.11 Å². The molecule has 1 aromatic rings. The number of pyridine rings is 1. The summed E-state index contributed by atoms with van der Waals surface area (Å²) in [7, 11) is 1.57. The summed E-state index contributed by atoms with van der Waals surface area (Å²) in [6.07, 6.45) is 4.76. The number of hydrogen-bond donors (Lipinski definition) is 1. The SMILES string of the molecule is C=CCCC(C)(O)c1ncccc1OC. The van der Waals surface area contributed by atoms with Gasteiger partial charge in [0.2, 0.25) is 0 Å². The van der Waals surface area contributed by atoms with E-state index in [2.05, 4.69) is 11.6 Å². The molecule has 82 valence electrons. The average molecular weight is 207 g/mol. The third-order valence-electron chi connectivity index (χ3n) is 2.34. The Morgan fingerprint density at radius 3 is 3.00 bits per heavy atom. The van der Waals surface area contributed by atoms with E-state index in [9.17, 15) is 5.11 Å². The van der Waals surface area contributed by atoms with Crippen molar-refractivity contribution in [2.24, 2.45) is 0 Å². The molecule has 0 aliphatic heterocycles. The van der Waals surface area contributed by atoms with E-state index in [-0.39, 0.29) is 0 Å². The van der Waals surface area contributed by atoms with E-state index < -0.39 is 5.60 Å². The first kappa shape index (κ1) is 11.7. The maximum atomic E-state index is 10.2. The molecule has 1 aromatic heterocycles. The Balaban J connectivity index is 2.96. The van der Waals surface area contributed by atoms with Crippen LogP contribution in [-0.4, -0.2) is 17.2 Å². The first-order valence-electron chi connectivity index (χ1n) is 4.94. The molecule has 1 heterocycles. The van der Waals surface area contributed by atoms with Crippen molar-refractivity contribution in [3.63, 3.8) is 0 Å². The average Bonchev–Trinajstić information content (AvgIpc) is 2.26. The third kappa shape index (κ3) is 2.80. The zero-order chi connectivity index (χ0) is 11.3. The van der Waals surface area contributed by atoms with E-state index in [1.807, 2.05) is 0 Å². The molecule has 3 nitrogen and oxygen atoms in total. The van der Waals surface area contributed by atoms with Crippen molar-refractivity contribution in [1.82, 2.24) is 4.98 Å². The smallest absolute Gasteiger partial charge is 0.143 e. The fraction of sp³-hybridized carbons (Fsp3) is 0.417. The molecule has 1 N–H and O–H groups in total. The van der Waals surface area contributed by atoms with Crippen molar-refractivity contribution in [3.05, 3.63) is 36.7 Å². The van der Waals surface area contributed by atoms with Gasteiger partial charge in [-0.1, -0.05) is 6.08 Å². The van der Waals surface area contributed by atoms with Gasteiger partial charge in [0.1, 0.15) is 17.0 Å². The Morgan fingerprint density at radius 1 is 1.67 bits per heavy atom. The fourth-order valence-corrected chi connectivity index (χ4v) is 1.46. The van der Waals surface area contributed by atoms with Crippen molar-refractivity contribution < 1.29 is 9.84 Å². The topological polar surface area (TPSA) is 42.4 Å². The highest BCUT2D eigenvalue weighted by atomic mass is 16.5. The van der Waals surface area contributed by atoms with Crippen LogP contribution >= 0.6 is 0 Å². The van der Waals surface area contributed by atoms with Gasteiger partial charge in [0.25, 0.3) is 0 Å². The van der Waals surface area contributed by atoms with Crippen LogP contribution in [0.25, 0.3) is 0 Å². The molecular formula is C12H17NO2. The summed E-state index contributed by atoms with van der Waals surface area (Å²) in [5, 5.41) is 10.2. The fourth-order valence-electron chi connectivity index (χ4n) is 1.46. The van der Waals surface area contributed by atoms with Gasteiger partial charge in [0, 0.05) is 6.20 Å². The van der Waals surface area contributed by atoms with Crippen LogP contribution in [0.1, 0.15) is 25.5 Å². The molecule has 0 aromatic carbocycles. The minimum Gasteiger partial charge on any atom is -0.495 e. The monoisotopic (exact) mass is 207 g/mol. The summed E-state index contributed by atoms with van der Waals surface area (Å²) in [6, 6.07) is 3.58. The standard InChI is InChI=1S/C12H17NO2/c1-4-5-8-12(2,14)11-10(15-3)7-6-9-13-11/h4,6-7,9,14H,1,5,8H2,2-3H3. The molecular weight excluding hydrogens is 190 g/mol. The summed E-state index contributed by atoms with van der Waals surface area (Å²) in [6.45, 7) is 5.37. The molecule has 15 heavy (non-hydrogen) atoms. The Hall–Kier alpha value is -1.35. The van der Waals surface area contributed by atoms with Gasteiger partial charge in [-0.05, 0) is 31.9 Å². The van der Waals surface area contributed by atoms with Crippen molar-refractivity contribution in [2.45, 2.75) is 25.4 Å². The van der Waals surface area contributed by atoms with Crippen LogP contribution in [0.5, 0.6) is 5.75 Å². The lowest BCUT2D eigenvalue weighted by molar-refractivity contribution is 0.0416. The van der Waals surface area contributed by atoms with E-state index in [1.54, 1.807) is 38.4 Å². The second kappa shape index (κ2) is 4.94. The number of hydrogen-bond acceptors (Lipinski definition) is 3. The Morgan fingerprint density at radius 2 is 2.40 bits per heavy atom. The van der Waals surface area contributed by atoms with Crippen molar-refractivity contribution in [2.75, 3.05) is 7.11 Å². The highest BCUT2D eigenvalue weighted by molar-refractivity contribution is 5.31. The van der Waals surface area contributed by atoms with Crippen molar-refractivity contribution >= 4 is 0 Å². The van der Waals surface area contributed by atoms with Crippen LogP contribution in [0, 0.1) is 0 Å². The minimum absolute atomic E-state index is 0.578. The normalized spacial score (nSPS) is 14.3. The molecule has 0 saturated carbocycles. The van der Waals surface area contributed by atoms with Gasteiger partial charge < -0.3 is 9.84 Å². The van der Waals surface area contributed by atoms with Crippen LogP contribution in [-0.2, 0) is 5.60 Å². The van der Waals surface area contributed by atoms with Crippen LogP contribution in [0.3, 0.4) is 0 Å². The second-order valence-corrected chi connectivity index (χ2v) is 3.66. The second-order valence-electron chi connectivity index (χ2n) is 3.66. The van der Waals surface area contributed by atoms with Crippen LogP contribution < -0.4 is 4.74 Å². The predicted octanol–water partition coefficient (Wildman–Crippen LogP) is 2.26. The molecule has 0 aliphatic rings. The molecule has 0 saturated heterocycles. The molecule has 0 amide bonds. The summed E-state index contributed by atoms with van der Waals surface area (Å²) < 4.78 is 5.16. The molecule has 0 aliphatic carbocycles. The van der Waals surface area contributed by atoms with E-state index in [4.69, 9.17) is 4.74 Å². The lowest BCUT2D eigenvalue weighted by Crippen LogP contribution is -2.23. The number of methoxy groups -OCH3 is 1. The summed E-state index contributed by atoms with van der Waals surface area (Å²) in [4.78, 5) is 4.16. The van der Waals surface area contributed by atoms with Gasteiger partial charge >= 0.3 is 0 Å². The van der Waals surface area contributed by atoms with Crippen molar-refractivity contribution in [1.29, 1.82) is 0 Å². The van der Waals surface area contributed by atoms with Crippen LogP contribution in [0.15, 0.2) is 31.0 Å². The van der Waals surface area contributed by atoms with E-state index in [0.717, 1.165) is 6.42 Å². The molecule has 1 rings (SSSR count). The molecule has 0 spiro atoms.